The van der Waals surface area contributed by atoms with Crippen molar-refractivity contribution in [1.82, 2.24) is 9.21 Å². The number of carbonyl (C=O) groups is 1. The first kappa shape index (κ1) is 13.8. The molecule has 0 unspecified atom stereocenters. The molecule has 104 valence electrons. The topological polar surface area (TPSA) is 83.7 Å². The Hall–Kier alpha value is -1.60. The number of nitrogens with two attached hydrogens (primary N) is 1. The molecule has 2 rings (SSSR count). The molecule has 0 atom stereocenters. The number of piperazine rings is 1. The largest absolute Gasteiger partial charge is 0.399 e. The smallest absolute Gasteiger partial charge is 0.237 e. The number of amides is 1. The van der Waals surface area contributed by atoms with Crippen molar-refractivity contribution in [3.63, 3.8) is 0 Å². The third kappa shape index (κ3) is 3.24. The van der Waals surface area contributed by atoms with E-state index in [1.165, 1.54) is 9.21 Å². The molecule has 0 bridgehead atoms. The van der Waals surface area contributed by atoms with Crippen LogP contribution in [-0.4, -0.2) is 50.2 Å². The third-order valence-corrected chi connectivity index (χ3v) is 4.91. The minimum Gasteiger partial charge on any atom is -0.399 e. The number of sulfonamides is 1. The predicted octanol–water partition coefficient (Wildman–Crippen LogP) is -0.127. The SMILES string of the molecule is CN1CCN(S(=O)(=O)Cc2cccc(N)c2)CC1=O. The van der Waals surface area contributed by atoms with Gasteiger partial charge in [-0.3, -0.25) is 4.79 Å². The summed E-state index contributed by atoms with van der Waals surface area (Å²) in [6.07, 6.45) is 0. The van der Waals surface area contributed by atoms with Crippen molar-refractivity contribution < 1.29 is 13.2 Å². The molecule has 1 aliphatic rings. The van der Waals surface area contributed by atoms with Gasteiger partial charge in [0.1, 0.15) is 0 Å². The fraction of sp³-hybridized carbons (Fsp3) is 0.417. The van der Waals surface area contributed by atoms with Crippen LogP contribution in [0.4, 0.5) is 5.69 Å². The Balaban J connectivity index is 2.13. The second-order valence-electron chi connectivity index (χ2n) is 4.65. The maximum atomic E-state index is 12.2. The van der Waals surface area contributed by atoms with E-state index >= 15 is 0 Å². The summed E-state index contributed by atoms with van der Waals surface area (Å²) in [6, 6.07) is 6.77. The quantitative estimate of drug-likeness (QED) is 0.783. The number of rotatable bonds is 3. The van der Waals surface area contributed by atoms with Crippen LogP contribution in [0.25, 0.3) is 0 Å². The molecular formula is C12H17N3O3S. The van der Waals surface area contributed by atoms with Gasteiger partial charge in [-0.05, 0) is 17.7 Å². The van der Waals surface area contributed by atoms with E-state index in [0.717, 1.165) is 0 Å². The van der Waals surface area contributed by atoms with Crippen molar-refractivity contribution in [2.75, 3.05) is 32.4 Å². The molecule has 1 aliphatic heterocycles. The van der Waals surface area contributed by atoms with E-state index < -0.39 is 10.0 Å². The van der Waals surface area contributed by atoms with Crippen LogP contribution in [0.2, 0.25) is 0 Å². The van der Waals surface area contributed by atoms with E-state index in [0.29, 0.717) is 24.3 Å². The van der Waals surface area contributed by atoms with Crippen LogP contribution in [0.5, 0.6) is 0 Å². The van der Waals surface area contributed by atoms with E-state index in [1.54, 1.807) is 31.3 Å². The first-order valence-electron chi connectivity index (χ1n) is 5.95. The standard InChI is InChI=1S/C12H17N3O3S/c1-14-5-6-15(8-12(14)16)19(17,18)9-10-3-2-4-11(13)7-10/h2-4,7H,5-6,8-9,13H2,1H3. The number of likely N-dealkylation sites (N-methyl/N-ethyl adjacent to an activating group) is 1. The van der Waals surface area contributed by atoms with E-state index in [2.05, 4.69) is 0 Å². The summed E-state index contributed by atoms with van der Waals surface area (Å²) < 4.78 is 25.7. The number of anilines is 1. The Bertz CT molecular complexity index is 586. The van der Waals surface area contributed by atoms with Crippen molar-refractivity contribution in [1.29, 1.82) is 0 Å². The summed E-state index contributed by atoms with van der Waals surface area (Å²) in [6.45, 7) is 0.684. The molecule has 0 aromatic heterocycles. The Labute approximate surface area is 112 Å². The molecule has 2 N–H and O–H groups in total. The van der Waals surface area contributed by atoms with Crippen LogP contribution < -0.4 is 5.73 Å². The Morgan fingerprint density at radius 2 is 2.05 bits per heavy atom. The summed E-state index contributed by atoms with van der Waals surface area (Å²) in [5.74, 6) is -0.308. The lowest BCUT2D eigenvalue weighted by Crippen LogP contribution is -2.50. The van der Waals surface area contributed by atoms with Crippen molar-refractivity contribution in [3.8, 4) is 0 Å². The van der Waals surface area contributed by atoms with Gasteiger partial charge in [-0.25, -0.2) is 8.42 Å². The molecule has 7 heteroatoms. The van der Waals surface area contributed by atoms with Gasteiger partial charge in [-0.1, -0.05) is 12.1 Å². The minimum absolute atomic E-state index is 0.0822. The molecular weight excluding hydrogens is 266 g/mol. The number of carbonyl (C=O) groups excluding carboxylic acids is 1. The maximum Gasteiger partial charge on any atom is 0.237 e. The molecule has 1 heterocycles. The Morgan fingerprint density at radius 3 is 2.68 bits per heavy atom. The fourth-order valence-electron chi connectivity index (χ4n) is 1.96. The molecule has 1 fully saturated rings. The second-order valence-corrected chi connectivity index (χ2v) is 6.62. The average Bonchev–Trinajstić information content (AvgIpc) is 2.32. The molecule has 1 aromatic carbocycles. The van der Waals surface area contributed by atoms with Gasteiger partial charge in [-0.2, -0.15) is 4.31 Å². The van der Waals surface area contributed by atoms with Gasteiger partial charge in [0.25, 0.3) is 0 Å². The molecule has 0 radical (unpaired) electrons. The number of hydrogen-bond acceptors (Lipinski definition) is 4. The van der Waals surface area contributed by atoms with E-state index in [1.807, 2.05) is 0 Å². The van der Waals surface area contributed by atoms with Gasteiger partial charge < -0.3 is 10.6 Å². The molecule has 0 aliphatic carbocycles. The number of hydrogen-bond donors (Lipinski definition) is 1. The molecule has 1 saturated heterocycles. The van der Waals surface area contributed by atoms with Gasteiger partial charge in [0.15, 0.2) is 0 Å². The van der Waals surface area contributed by atoms with Gasteiger partial charge in [0.2, 0.25) is 15.9 Å². The summed E-state index contributed by atoms with van der Waals surface area (Å²) in [7, 11) is -1.81. The minimum atomic E-state index is -3.48. The normalized spacial score (nSPS) is 17.7. The van der Waals surface area contributed by atoms with E-state index in [4.69, 9.17) is 5.73 Å². The summed E-state index contributed by atoms with van der Waals surface area (Å²) in [4.78, 5) is 13.1. The lowest BCUT2D eigenvalue weighted by molar-refractivity contribution is -0.132. The molecule has 1 amide bonds. The van der Waals surface area contributed by atoms with Crippen LogP contribution >= 0.6 is 0 Å². The van der Waals surface area contributed by atoms with Gasteiger partial charge >= 0.3 is 0 Å². The van der Waals surface area contributed by atoms with Crippen LogP contribution in [0.3, 0.4) is 0 Å². The van der Waals surface area contributed by atoms with Crippen LogP contribution in [0.15, 0.2) is 24.3 Å². The first-order chi connectivity index (χ1) is 8.88. The molecule has 6 nitrogen and oxygen atoms in total. The molecule has 0 spiro atoms. The molecule has 0 saturated carbocycles. The van der Waals surface area contributed by atoms with Crippen molar-refractivity contribution in [2.24, 2.45) is 0 Å². The van der Waals surface area contributed by atoms with Crippen molar-refractivity contribution in [2.45, 2.75) is 5.75 Å². The molecule has 1 aromatic rings. The lowest BCUT2D eigenvalue weighted by atomic mass is 10.2. The maximum absolute atomic E-state index is 12.2. The monoisotopic (exact) mass is 283 g/mol. The Kier molecular flexibility index (Phi) is 3.77. The lowest BCUT2D eigenvalue weighted by Gasteiger charge is -2.31. The third-order valence-electron chi connectivity index (χ3n) is 3.12. The van der Waals surface area contributed by atoms with E-state index in [-0.39, 0.29) is 18.2 Å². The summed E-state index contributed by atoms with van der Waals surface area (Å²) in [5.41, 5.74) is 6.79. The van der Waals surface area contributed by atoms with Crippen LogP contribution in [-0.2, 0) is 20.6 Å². The number of nitrogens with zero attached hydrogens (tertiary/aromatic N) is 2. The zero-order chi connectivity index (χ0) is 14.0. The van der Waals surface area contributed by atoms with Crippen molar-refractivity contribution >= 4 is 21.6 Å². The summed E-state index contributed by atoms with van der Waals surface area (Å²) >= 11 is 0. The number of nitrogen functional groups attached to an aromatic ring is 1. The van der Waals surface area contributed by atoms with Gasteiger partial charge in [-0.15, -0.1) is 0 Å². The predicted molar refractivity (Wildman–Crippen MR) is 72.7 cm³/mol. The highest BCUT2D eigenvalue weighted by atomic mass is 32.2. The highest BCUT2D eigenvalue weighted by Gasteiger charge is 2.30. The second kappa shape index (κ2) is 5.18. The zero-order valence-corrected chi connectivity index (χ0v) is 11.6. The fourth-order valence-corrected chi connectivity index (χ4v) is 3.41. The summed E-state index contributed by atoms with van der Waals surface area (Å²) in [5, 5.41) is 0. The van der Waals surface area contributed by atoms with Gasteiger partial charge in [0.05, 0.1) is 12.3 Å². The van der Waals surface area contributed by atoms with Crippen LogP contribution in [0, 0.1) is 0 Å². The highest BCUT2D eigenvalue weighted by molar-refractivity contribution is 7.88. The Morgan fingerprint density at radius 1 is 1.32 bits per heavy atom. The first-order valence-corrected chi connectivity index (χ1v) is 7.55. The van der Waals surface area contributed by atoms with Gasteiger partial charge in [0, 0.05) is 25.8 Å². The highest BCUT2D eigenvalue weighted by Crippen LogP contribution is 2.15. The number of benzene rings is 1. The van der Waals surface area contributed by atoms with E-state index in [9.17, 15) is 13.2 Å². The van der Waals surface area contributed by atoms with Crippen LogP contribution in [0.1, 0.15) is 5.56 Å². The molecule has 19 heavy (non-hydrogen) atoms. The zero-order valence-electron chi connectivity index (χ0n) is 10.7. The average molecular weight is 283 g/mol. The van der Waals surface area contributed by atoms with Crippen molar-refractivity contribution in [3.05, 3.63) is 29.8 Å².